The molecular formula is C16H18N4O4. The summed E-state index contributed by atoms with van der Waals surface area (Å²) < 4.78 is 0. The van der Waals surface area contributed by atoms with E-state index in [0.29, 0.717) is 0 Å². The average Bonchev–Trinajstić information content (AvgIpc) is 2.54. The average molecular weight is 330 g/mol. The molecular weight excluding hydrogens is 312 g/mol. The molecule has 24 heavy (non-hydrogen) atoms. The van der Waals surface area contributed by atoms with Crippen molar-refractivity contribution < 1.29 is 10.0 Å². The SMILES string of the molecule is CCN(CC)c1ccc(/C=C/c2nc(O)c([N+](=O)[O-])c(=O)[nH]2)cc1. The molecule has 0 unspecified atom stereocenters. The molecule has 0 saturated heterocycles. The highest BCUT2D eigenvalue weighted by Gasteiger charge is 2.21. The molecule has 1 heterocycles. The van der Waals surface area contributed by atoms with Gasteiger partial charge in [0.15, 0.2) is 0 Å². The molecule has 2 aromatic rings. The van der Waals surface area contributed by atoms with Crippen LogP contribution >= 0.6 is 0 Å². The van der Waals surface area contributed by atoms with E-state index in [9.17, 15) is 20.0 Å². The zero-order valence-electron chi connectivity index (χ0n) is 13.4. The molecule has 0 radical (unpaired) electrons. The number of hydrogen-bond acceptors (Lipinski definition) is 6. The van der Waals surface area contributed by atoms with Crippen LogP contribution in [0.3, 0.4) is 0 Å². The van der Waals surface area contributed by atoms with Crippen molar-refractivity contribution in [3.05, 3.63) is 56.1 Å². The van der Waals surface area contributed by atoms with Crippen LogP contribution in [0.1, 0.15) is 25.2 Å². The molecule has 2 N–H and O–H groups in total. The number of rotatable bonds is 6. The van der Waals surface area contributed by atoms with Gasteiger partial charge in [-0.15, -0.1) is 0 Å². The summed E-state index contributed by atoms with van der Waals surface area (Å²) in [5.74, 6) is -0.865. The van der Waals surface area contributed by atoms with Gasteiger partial charge in [-0.1, -0.05) is 18.2 Å². The third kappa shape index (κ3) is 3.78. The number of aromatic amines is 1. The lowest BCUT2D eigenvalue weighted by atomic mass is 10.2. The normalized spacial score (nSPS) is 10.9. The smallest absolute Gasteiger partial charge is 0.395 e. The van der Waals surface area contributed by atoms with Gasteiger partial charge in [-0.25, -0.2) is 0 Å². The topological polar surface area (TPSA) is 112 Å². The number of aromatic nitrogens is 2. The summed E-state index contributed by atoms with van der Waals surface area (Å²) >= 11 is 0. The fourth-order valence-electron chi connectivity index (χ4n) is 2.28. The minimum atomic E-state index is -0.996. The molecule has 8 nitrogen and oxygen atoms in total. The minimum absolute atomic E-state index is 0.0379. The van der Waals surface area contributed by atoms with Crippen LogP contribution in [-0.2, 0) is 0 Å². The lowest BCUT2D eigenvalue weighted by Gasteiger charge is -2.20. The second-order valence-corrected chi connectivity index (χ2v) is 4.98. The molecule has 0 aliphatic carbocycles. The van der Waals surface area contributed by atoms with Gasteiger partial charge >= 0.3 is 11.2 Å². The van der Waals surface area contributed by atoms with E-state index in [-0.39, 0.29) is 5.82 Å². The van der Waals surface area contributed by atoms with Crippen LogP contribution in [-0.4, -0.2) is 33.1 Å². The quantitative estimate of drug-likeness (QED) is 0.621. The second-order valence-electron chi connectivity index (χ2n) is 4.98. The summed E-state index contributed by atoms with van der Waals surface area (Å²) in [6, 6.07) is 7.79. The Kier molecular flexibility index (Phi) is 5.31. The van der Waals surface area contributed by atoms with E-state index in [0.717, 1.165) is 24.3 Å². The molecule has 0 spiro atoms. The van der Waals surface area contributed by atoms with E-state index in [1.165, 1.54) is 6.08 Å². The van der Waals surface area contributed by atoms with Crippen molar-refractivity contribution in [3.63, 3.8) is 0 Å². The highest BCUT2D eigenvalue weighted by molar-refractivity contribution is 5.68. The Morgan fingerprint density at radius 3 is 2.38 bits per heavy atom. The number of nitrogens with one attached hydrogen (secondary N) is 1. The summed E-state index contributed by atoms with van der Waals surface area (Å²) in [6.45, 7) is 6.00. The Hall–Kier alpha value is -3.16. The number of anilines is 1. The van der Waals surface area contributed by atoms with E-state index in [1.807, 2.05) is 24.3 Å². The van der Waals surface area contributed by atoms with Crippen molar-refractivity contribution in [3.8, 4) is 5.88 Å². The molecule has 1 aromatic heterocycles. The number of aromatic hydroxyl groups is 1. The van der Waals surface area contributed by atoms with Crippen LogP contribution in [0, 0.1) is 10.1 Å². The first-order chi connectivity index (χ1) is 11.5. The summed E-state index contributed by atoms with van der Waals surface area (Å²) in [5, 5.41) is 20.1. The lowest BCUT2D eigenvalue weighted by Crippen LogP contribution is -2.21. The standard InChI is InChI=1S/C16H18N4O4/c1-3-19(4-2)12-8-5-11(6-9-12)7-10-13-17-15(21)14(20(23)24)16(22)18-13/h5-10H,3-4H2,1-2H3,(H2,17,18,21,22)/b10-7+. The Morgan fingerprint density at radius 2 is 1.88 bits per heavy atom. The van der Waals surface area contributed by atoms with Gasteiger partial charge < -0.3 is 15.0 Å². The van der Waals surface area contributed by atoms with Crippen LogP contribution in [0.15, 0.2) is 29.1 Å². The first kappa shape index (κ1) is 17.2. The molecule has 0 atom stereocenters. The van der Waals surface area contributed by atoms with E-state index >= 15 is 0 Å². The molecule has 2 rings (SSSR count). The third-order valence-electron chi connectivity index (χ3n) is 3.53. The van der Waals surface area contributed by atoms with Crippen LogP contribution in [0.25, 0.3) is 12.2 Å². The van der Waals surface area contributed by atoms with Gasteiger partial charge in [0, 0.05) is 18.8 Å². The van der Waals surface area contributed by atoms with Crippen molar-refractivity contribution >= 4 is 23.5 Å². The number of H-pyrrole nitrogens is 1. The molecule has 0 aliphatic rings. The number of hydrogen-bond donors (Lipinski definition) is 2. The maximum absolute atomic E-state index is 11.6. The van der Waals surface area contributed by atoms with Gasteiger partial charge in [0.1, 0.15) is 5.82 Å². The van der Waals surface area contributed by atoms with Crippen molar-refractivity contribution in [2.75, 3.05) is 18.0 Å². The maximum Gasteiger partial charge on any atom is 0.395 e. The largest absolute Gasteiger partial charge is 0.488 e. The molecule has 126 valence electrons. The van der Waals surface area contributed by atoms with E-state index in [4.69, 9.17) is 0 Å². The molecule has 1 aromatic carbocycles. The van der Waals surface area contributed by atoms with Crippen LogP contribution < -0.4 is 10.5 Å². The van der Waals surface area contributed by atoms with E-state index in [1.54, 1.807) is 6.08 Å². The molecule has 0 saturated carbocycles. The van der Waals surface area contributed by atoms with Crippen molar-refractivity contribution in [1.29, 1.82) is 0 Å². The van der Waals surface area contributed by atoms with Gasteiger partial charge in [0.05, 0.1) is 4.92 Å². The Labute approximate surface area is 138 Å². The van der Waals surface area contributed by atoms with Crippen LogP contribution in [0.5, 0.6) is 5.88 Å². The fourth-order valence-corrected chi connectivity index (χ4v) is 2.28. The van der Waals surface area contributed by atoms with E-state index < -0.39 is 22.0 Å². The van der Waals surface area contributed by atoms with Crippen molar-refractivity contribution in [2.24, 2.45) is 0 Å². The number of benzene rings is 1. The Balaban J connectivity index is 2.22. The lowest BCUT2D eigenvalue weighted by molar-refractivity contribution is -0.387. The van der Waals surface area contributed by atoms with Crippen molar-refractivity contribution in [1.82, 2.24) is 9.97 Å². The summed E-state index contributed by atoms with van der Waals surface area (Å²) in [4.78, 5) is 29.3. The predicted molar refractivity (Wildman–Crippen MR) is 92.1 cm³/mol. The Bertz CT molecular complexity index is 808. The third-order valence-corrected chi connectivity index (χ3v) is 3.53. The maximum atomic E-state index is 11.6. The van der Waals surface area contributed by atoms with Gasteiger partial charge in [0.25, 0.3) is 5.88 Å². The number of nitrogens with zero attached hydrogens (tertiary/aromatic N) is 3. The monoisotopic (exact) mass is 330 g/mol. The van der Waals surface area contributed by atoms with Crippen LogP contribution in [0.2, 0.25) is 0 Å². The first-order valence-electron chi connectivity index (χ1n) is 7.47. The zero-order chi connectivity index (χ0) is 17.7. The second kappa shape index (κ2) is 7.40. The summed E-state index contributed by atoms with van der Waals surface area (Å²) in [7, 11) is 0. The number of nitro groups is 1. The van der Waals surface area contributed by atoms with E-state index in [2.05, 4.69) is 28.7 Å². The minimum Gasteiger partial charge on any atom is -0.488 e. The van der Waals surface area contributed by atoms with Gasteiger partial charge in [0.2, 0.25) is 0 Å². The predicted octanol–water partition coefficient (Wildman–Crippen LogP) is 2.40. The molecule has 0 fully saturated rings. The molecule has 0 bridgehead atoms. The summed E-state index contributed by atoms with van der Waals surface area (Å²) in [5.41, 5.74) is 0.0165. The zero-order valence-corrected chi connectivity index (χ0v) is 13.4. The van der Waals surface area contributed by atoms with Crippen LogP contribution in [0.4, 0.5) is 11.4 Å². The van der Waals surface area contributed by atoms with Gasteiger partial charge in [-0.2, -0.15) is 4.98 Å². The van der Waals surface area contributed by atoms with Gasteiger partial charge in [-0.05, 0) is 37.6 Å². The highest BCUT2D eigenvalue weighted by Crippen LogP contribution is 2.18. The molecule has 8 heteroatoms. The molecule has 0 aliphatic heterocycles. The first-order valence-corrected chi connectivity index (χ1v) is 7.47. The highest BCUT2D eigenvalue weighted by atomic mass is 16.6. The molecule has 0 amide bonds. The summed E-state index contributed by atoms with van der Waals surface area (Å²) in [6.07, 6.45) is 3.16. The van der Waals surface area contributed by atoms with Crippen molar-refractivity contribution in [2.45, 2.75) is 13.8 Å². The Morgan fingerprint density at radius 1 is 1.25 bits per heavy atom. The van der Waals surface area contributed by atoms with Gasteiger partial charge in [-0.3, -0.25) is 14.9 Å². The fraction of sp³-hybridized carbons (Fsp3) is 0.250.